The van der Waals surface area contributed by atoms with Gasteiger partial charge in [-0.15, -0.1) is 0 Å². The fourth-order valence-electron chi connectivity index (χ4n) is 2.93. The minimum Gasteiger partial charge on any atom is -0.0628 e. The minimum absolute atomic E-state index is 0.696. The van der Waals surface area contributed by atoms with E-state index in [2.05, 4.69) is 82.0 Å². The molecule has 22 heavy (non-hydrogen) atoms. The van der Waals surface area contributed by atoms with Crippen LogP contribution in [0.5, 0.6) is 0 Å². The van der Waals surface area contributed by atoms with Crippen molar-refractivity contribution in [2.45, 2.75) is 40.5 Å². The first-order valence-electron chi connectivity index (χ1n) is 8.22. The molecule has 2 rings (SSSR count). The maximum atomic E-state index is 3.38. The summed E-state index contributed by atoms with van der Waals surface area (Å²) in [6.45, 7) is 9.03. The lowest BCUT2D eigenvalue weighted by Gasteiger charge is -2.14. The van der Waals surface area contributed by atoms with E-state index < -0.39 is 0 Å². The molecule has 0 amide bonds. The monoisotopic (exact) mass is 290 g/mol. The van der Waals surface area contributed by atoms with Crippen molar-refractivity contribution in [3.8, 4) is 11.8 Å². The van der Waals surface area contributed by atoms with E-state index >= 15 is 0 Å². The first-order valence-corrected chi connectivity index (χ1v) is 8.22. The number of aryl methyl sites for hydroxylation is 1. The van der Waals surface area contributed by atoms with E-state index in [0.29, 0.717) is 5.92 Å². The molecule has 0 spiro atoms. The molecule has 0 N–H and O–H groups in total. The molecule has 0 aromatic heterocycles. The second kappa shape index (κ2) is 7.85. The van der Waals surface area contributed by atoms with E-state index in [4.69, 9.17) is 0 Å². The molecule has 0 aliphatic carbocycles. The molecule has 0 heterocycles. The molecular formula is C22H26. The molecule has 1 atom stereocenters. The number of rotatable bonds is 4. The van der Waals surface area contributed by atoms with Crippen LogP contribution in [0, 0.1) is 30.6 Å². The summed E-state index contributed by atoms with van der Waals surface area (Å²) in [4.78, 5) is 0. The quantitative estimate of drug-likeness (QED) is 0.641. The standard InChI is InChI=1S/C22H26/c1-17(2)15-18(3)16-22-12-8-7-11-21(22)14-13-20-10-6-5-9-19(20)4/h5-12,17-18H,15-16H2,1-4H3. The molecule has 0 fully saturated rings. The SMILES string of the molecule is Cc1ccccc1C#Cc1ccccc1CC(C)CC(C)C. The van der Waals surface area contributed by atoms with Crippen LogP contribution in [-0.4, -0.2) is 0 Å². The third-order valence-corrected chi connectivity index (χ3v) is 3.94. The Morgan fingerprint density at radius 3 is 2.09 bits per heavy atom. The summed E-state index contributed by atoms with van der Waals surface area (Å²) >= 11 is 0. The molecule has 1 unspecified atom stereocenters. The zero-order valence-corrected chi connectivity index (χ0v) is 14.2. The largest absolute Gasteiger partial charge is 0.0628 e. The van der Waals surface area contributed by atoms with E-state index in [1.807, 2.05) is 6.07 Å². The van der Waals surface area contributed by atoms with Gasteiger partial charge >= 0.3 is 0 Å². The van der Waals surface area contributed by atoms with Crippen LogP contribution in [0.15, 0.2) is 48.5 Å². The molecule has 2 aromatic carbocycles. The second-order valence-electron chi connectivity index (χ2n) is 6.66. The Balaban J connectivity index is 2.21. The highest BCUT2D eigenvalue weighted by atomic mass is 14.1. The van der Waals surface area contributed by atoms with Crippen LogP contribution >= 0.6 is 0 Å². The van der Waals surface area contributed by atoms with Crippen LogP contribution in [-0.2, 0) is 6.42 Å². The third kappa shape index (κ3) is 4.78. The highest BCUT2D eigenvalue weighted by molar-refractivity contribution is 5.48. The van der Waals surface area contributed by atoms with Gasteiger partial charge in [-0.3, -0.25) is 0 Å². The van der Waals surface area contributed by atoms with Gasteiger partial charge in [-0.05, 0) is 54.9 Å². The van der Waals surface area contributed by atoms with Gasteiger partial charge in [0.05, 0.1) is 0 Å². The zero-order chi connectivity index (χ0) is 15.9. The van der Waals surface area contributed by atoms with Crippen LogP contribution in [0.4, 0.5) is 0 Å². The van der Waals surface area contributed by atoms with Crippen molar-refractivity contribution in [1.82, 2.24) is 0 Å². The molecule has 0 aliphatic heterocycles. The van der Waals surface area contributed by atoms with Crippen molar-refractivity contribution in [3.63, 3.8) is 0 Å². The minimum atomic E-state index is 0.696. The van der Waals surface area contributed by atoms with Crippen molar-refractivity contribution >= 4 is 0 Å². The van der Waals surface area contributed by atoms with E-state index in [9.17, 15) is 0 Å². The maximum absolute atomic E-state index is 3.38. The Kier molecular flexibility index (Phi) is 5.84. The average Bonchev–Trinajstić information content (AvgIpc) is 2.47. The van der Waals surface area contributed by atoms with Crippen LogP contribution in [0.1, 0.15) is 49.4 Å². The van der Waals surface area contributed by atoms with Gasteiger partial charge in [0.15, 0.2) is 0 Å². The molecular weight excluding hydrogens is 264 g/mol. The van der Waals surface area contributed by atoms with Gasteiger partial charge in [0.2, 0.25) is 0 Å². The van der Waals surface area contributed by atoms with Crippen molar-refractivity contribution in [1.29, 1.82) is 0 Å². The second-order valence-corrected chi connectivity index (χ2v) is 6.66. The lowest BCUT2D eigenvalue weighted by atomic mass is 9.90. The Morgan fingerprint density at radius 2 is 1.41 bits per heavy atom. The molecule has 0 nitrogen and oxygen atoms in total. The van der Waals surface area contributed by atoms with Crippen molar-refractivity contribution in [2.75, 3.05) is 0 Å². The molecule has 0 bridgehead atoms. The van der Waals surface area contributed by atoms with Gasteiger partial charge in [0, 0.05) is 11.1 Å². The van der Waals surface area contributed by atoms with E-state index in [1.165, 1.54) is 23.1 Å². The van der Waals surface area contributed by atoms with Crippen molar-refractivity contribution in [2.24, 2.45) is 11.8 Å². The Hall–Kier alpha value is -2.00. The molecule has 2 aromatic rings. The molecule has 0 aliphatic rings. The third-order valence-electron chi connectivity index (χ3n) is 3.94. The summed E-state index contributed by atoms with van der Waals surface area (Å²) < 4.78 is 0. The summed E-state index contributed by atoms with van der Waals surface area (Å²) in [6.07, 6.45) is 2.37. The van der Waals surface area contributed by atoms with Crippen LogP contribution in [0.25, 0.3) is 0 Å². The fourth-order valence-corrected chi connectivity index (χ4v) is 2.93. The summed E-state index contributed by atoms with van der Waals surface area (Å²) in [5.74, 6) is 8.16. The number of hydrogen-bond acceptors (Lipinski definition) is 0. The van der Waals surface area contributed by atoms with Crippen LogP contribution in [0.2, 0.25) is 0 Å². The van der Waals surface area contributed by atoms with Gasteiger partial charge in [0.1, 0.15) is 0 Å². The Labute approximate surface area is 135 Å². The summed E-state index contributed by atoms with van der Waals surface area (Å²) in [7, 11) is 0. The smallest absolute Gasteiger partial charge is 0.0281 e. The van der Waals surface area contributed by atoms with Crippen LogP contribution < -0.4 is 0 Å². The molecule has 0 heteroatoms. The average molecular weight is 290 g/mol. The zero-order valence-electron chi connectivity index (χ0n) is 14.2. The maximum Gasteiger partial charge on any atom is 0.0281 e. The Morgan fingerprint density at radius 1 is 0.818 bits per heavy atom. The number of benzene rings is 2. The summed E-state index contributed by atoms with van der Waals surface area (Å²) in [5.41, 5.74) is 4.89. The molecule has 0 saturated heterocycles. The van der Waals surface area contributed by atoms with E-state index in [1.54, 1.807) is 0 Å². The predicted octanol–water partition coefficient (Wildman–Crippen LogP) is 5.62. The molecule has 114 valence electrons. The topological polar surface area (TPSA) is 0 Å². The van der Waals surface area contributed by atoms with Crippen LogP contribution in [0.3, 0.4) is 0 Å². The van der Waals surface area contributed by atoms with Gasteiger partial charge in [0.25, 0.3) is 0 Å². The predicted molar refractivity (Wildman–Crippen MR) is 95.9 cm³/mol. The Bertz CT molecular complexity index is 668. The van der Waals surface area contributed by atoms with Gasteiger partial charge in [-0.25, -0.2) is 0 Å². The summed E-state index contributed by atoms with van der Waals surface area (Å²) in [5, 5.41) is 0. The van der Waals surface area contributed by atoms with Crippen molar-refractivity contribution < 1.29 is 0 Å². The van der Waals surface area contributed by atoms with Gasteiger partial charge in [-0.2, -0.15) is 0 Å². The lowest BCUT2D eigenvalue weighted by Crippen LogP contribution is -2.05. The highest BCUT2D eigenvalue weighted by Crippen LogP contribution is 2.19. The van der Waals surface area contributed by atoms with Gasteiger partial charge < -0.3 is 0 Å². The van der Waals surface area contributed by atoms with Gasteiger partial charge in [-0.1, -0.05) is 69.0 Å². The molecule has 0 saturated carbocycles. The van der Waals surface area contributed by atoms with Crippen molar-refractivity contribution in [3.05, 3.63) is 70.8 Å². The first kappa shape index (κ1) is 16.4. The summed E-state index contributed by atoms with van der Waals surface area (Å²) in [6, 6.07) is 16.9. The normalized spacial score (nSPS) is 11.9. The fraction of sp³-hybridized carbons (Fsp3) is 0.364. The number of hydrogen-bond donors (Lipinski definition) is 0. The molecule has 0 radical (unpaired) electrons. The first-order chi connectivity index (χ1) is 10.6. The van der Waals surface area contributed by atoms with E-state index in [0.717, 1.165) is 17.9 Å². The highest BCUT2D eigenvalue weighted by Gasteiger charge is 2.08. The lowest BCUT2D eigenvalue weighted by molar-refractivity contribution is 0.437. The van der Waals surface area contributed by atoms with E-state index in [-0.39, 0.29) is 0 Å².